The first kappa shape index (κ1) is 22.1. The molecule has 2 atom stereocenters. The zero-order chi connectivity index (χ0) is 20.0. The normalized spacial score (nSPS) is 15.1. The highest BCUT2D eigenvalue weighted by Gasteiger charge is 2.30. The Balaban J connectivity index is 2.93. The number of sulfonamides is 1. The number of ether oxygens (including phenoxy) is 1. The number of nitrogens with one attached hydrogen (secondary N) is 2. The van der Waals surface area contributed by atoms with Crippen LogP contribution in [-0.2, 0) is 19.6 Å². The molecule has 1 aromatic carbocycles. The third-order valence-corrected chi connectivity index (χ3v) is 5.42. The molecule has 1 rings (SSSR count). The quantitative estimate of drug-likeness (QED) is 0.558. The fraction of sp³-hybridized carbons (Fsp3) is 0.529. The van der Waals surface area contributed by atoms with E-state index in [4.69, 9.17) is 9.84 Å². The molecule has 26 heavy (non-hydrogen) atoms. The molecular formula is C17H26N2O6S. The summed E-state index contributed by atoms with van der Waals surface area (Å²) in [6.07, 6.45) is 0.346. The van der Waals surface area contributed by atoms with Gasteiger partial charge in [-0.15, -0.1) is 0 Å². The van der Waals surface area contributed by atoms with E-state index in [2.05, 4.69) is 10.0 Å². The highest BCUT2D eigenvalue weighted by atomic mass is 32.2. The van der Waals surface area contributed by atoms with Crippen molar-refractivity contribution in [1.82, 2.24) is 10.0 Å². The Morgan fingerprint density at radius 2 is 1.85 bits per heavy atom. The molecule has 0 spiro atoms. The molecule has 0 heterocycles. The van der Waals surface area contributed by atoms with Crippen molar-refractivity contribution in [1.29, 1.82) is 0 Å². The Kier molecular flexibility index (Phi) is 7.73. The number of amides is 1. The van der Waals surface area contributed by atoms with Gasteiger partial charge in [0.15, 0.2) is 0 Å². The topological polar surface area (TPSA) is 122 Å². The Bertz CT molecular complexity index is 732. The largest absolute Gasteiger partial charge is 0.481 e. The van der Waals surface area contributed by atoms with E-state index >= 15 is 0 Å². The van der Waals surface area contributed by atoms with Gasteiger partial charge in [-0.2, -0.15) is 0 Å². The van der Waals surface area contributed by atoms with E-state index in [0.29, 0.717) is 6.42 Å². The van der Waals surface area contributed by atoms with Crippen LogP contribution in [0, 0.1) is 0 Å². The third kappa shape index (κ3) is 6.40. The summed E-state index contributed by atoms with van der Waals surface area (Å²) in [4.78, 5) is 23.4. The van der Waals surface area contributed by atoms with Gasteiger partial charge in [-0.05, 0) is 44.5 Å². The van der Waals surface area contributed by atoms with Crippen LogP contribution < -0.4 is 10.0 Å². The first-order valence-corrected chi connectivity index (χ1v) is 9.67. The van der Waals surface area contributed by atoms with Gasteiger partial charge in [0.25, 0.3) is 5.91 Å². The predicted molar refractivity (Wildman–Crippen MR) is 96.5 cm³/mol. The van der Waals surface area contributed by atoms with Crippen molar-refractivity contribution in [3.63, 3.8) is 0 Å². The van der Waals surface area contributed by atoms with Crippen LogP contribution in [0.2, 0.25) is 0 Å². The predicted octanol–water partition coefficient (Wildman–Crippen LogP) is 1.37. The fourth-order valence-corrected chi connectivity index (χ4v) is 3.66. The van der Waals surface area contributed by atoms with E-state index in [1.165, 1.54) is 31.4 Å². The lowest BCUT2D eigenvalue weighted by atomic mass is 9.98. The lowest BCUT2D eigenvalue weighted by Gasteiger charge is -2.28. The molecule has 0 bridgehead atoms. The lowest BCUT2D eigenvalue weighted by molar-refractivity contribution is -0.139. The average molecular weight is 386 g/mol. The number of hydrogen-bond donors (Lipinski definition) is 3. The van der Waals surface area contributed by atoms with Gasteiger partial charge in [-0.1, -0.05) is 6.92 Å². The van der Waals surface area contributed by atoms with Gasteiger partial charge >= 0.3 is 5.97 Å². The van der Waals surface area contributed by atoms with E-state index in [1.807, 2.05) is 6.92 Å². The SMILES string of the molecule is CCC(C)NS(=O)(=O)c1ccc(C(=O)NC(C)(COC)CC(=O)O)cc1. The van der Waals surface area contributed by atoms with Crippen LogP contribution in [-0.4, -0.2) is 50.7 Å². The van der Waals surface area contributed by atoms with Crippen LogP contribution in [0.25, 0.3) is 0 Å². The van der Waals surface area contributed by atoms with E-state index in [1.54, 1.807) is 13.8 Å². The van der Waals surface area contributed by atoms with E-state index < -0.39 is 27.4 Å². The Labute approximate surface area is 154 Å². The van der Waals surface area contributed by atoms with Crippen molar-refractivity contribution < 1.29 is 27.9 Å². The zero-order valence-corrected chi connectivity index (χ0v) is 16.2. The number of carbonyl (C=O) groups excluding carboxylic acids is 1. The molecule has 3 N–H and O–H groups in total. The number of carboxylic acids is 1. The van der Waals surface area contributed by atoms with Crippen LogP contribution in [0.15, 0.2) is 29.2 Å². The van der Waals surface area contributed by atoms with Crippen LogP contribution in [0.4, 0.5) is 0 Å². The van der Waals surface area contributed by atoms with Gasteiger partial charge in [0.05, 0.1) is 23.5 Å². The molecule has 0 fully saturated rings. The Hall–Kier alpha value is -1.97. The van der Waals surface area contributed by atoms with Crippen LogP contribution in [0.3, 0.4) is 0 Å². The second-order valence-electron chi connectivity index (χ2n) is 6.47. The molecule has 0 aliphatic rings. The van der Waals surface area contributed by atoms with Crippen molar-refractivity contribution in [3.8, 4) is 0 Å². The smallest absolute Gasteiger partial charge is 0.305 e. The van der Waals surface area contributed by atoms with Crippen molar-refractivity contribution in [2.75, 3.05) is 13.7 Å². The van der Waals surface area contributed by atoms with Crippen LogP contribution >= 0.6 is 0 Å². The molecule has 0 radical (unpaired) electrons. The van der Waals surface area contributed by atoms with E-state index in [0.717, 1.165) is 0 Å². The second kappa shape index (κ2) is 9.11. The number of methoxy groups -OCH3 is 1. The fourth-order valence-electron chi connectivity index (χ4n) is 2.33. The molecule has 1 aromatic rings. The number of aliphatic carboxylic acids is 1. The number of hydrogen-bond acceptors (Lipinski definition) is 5. The van der Waals surface area contributed by atoms with Gasteiger partial charge in [-0.3, -0.25) is 9.59 Å². The van der Waals surface area contributed by atoms with Gasteiger partial charge in [0.1, 0.15) is 0 Å². The zero-order valence-electron chi connectivity index (χ0n) is 15.4. The van der Waals surface area contributed by atoms with E-state index in [-0.39, 0.29) is 29.5 Å². The van der Waals surface area contributed by atoms with Gasteiger partial charge < -0.3 is 15.2 Å². The molecule has 0 aliphatic carbocycles. The van der Waals surface area contributed by atoms with E-state index in [9.17, 15) is 18.0 Å². The van der Waals surface area contributed by atoms with Crippen molar-refractivity contribution in [2.24, 2.45) is 0 Å². The number of carbonyl (C=O) groups is 2. The molecule has 146 valence electrons. The summed E-state index contributed by atoms with van der Waals surface area (Å²) in [6.45, 7) is 5.22. The molecule has 0 saturated carbocycles. The summed E-state index contributed by atoms with van der Waals surface area (Å²) < 4.78 is 32.0. The molecule has 8 nitrogen and oxygen atoms in total. The third-order valence-electron chi connectivity index (χ3n) is 3.82. The summed E-state index contributed by atoms with van der Waals surface area (Å²) >= 11 is 0. The minimum Gasteiger partial charge on any atom is -0.481 e. The highest BCUT2D eigenvalue weighted by molar-refractivity contribution is 7.89. The summed E-state index contributed by atoms with van der Waals surface area (Å²) in [6, 6.07) is 5.24. The number of carboxylic acid groups (broad SMARTS) is 1. The van der Waals surface area contributed by atoms with Gasteiger partial charge in [0, 0.05) is 18.7 Å². The minimum atomic E-state index is -3.65. The number of benzene rings is 1. The van der Waals surface area contributed by atoms with Crippen molar-refractivity contribution in [2.45, 2.75) is 50.1 Å². The van der Waals surface area contributed by atoms with Crippen LogP contribution in [0.5, 0.6) is 0 Å². The van der Waals surface area contributed by atoms with Gasteiger partial charge in [0.2, 0.25) is 10.0 Å². The Morgan fingerprint density at radius 1 is 1.27 bits per heavy atom. The molecule has 0 aliphatic heterocycles. The maximum atomic E-state index is 12.4. The van der Waals surface area contributed by atoms with Crippen molar-refractivity contribution >= 4 is 21.9 Å². The monoisotopic (exact) mass is 386 g/mol. The minimum absolute atomic E-state index is 0.0241. The highest BCUT2D eigenvalue weighted by Crippen LogP contribution is 2.15. The maximum absolute atomic E-state index is 12.4. The molecule has 0 aromatic heterocycles. The average Bonchev–Trinajstić information content (AvgIpc) is 2.53. The first-order chi connectivity index (χ1) is 12.0. The first-order valence-electron chi connectivity index (χ1n) is 8.18. The maximum Gasteiger partial charge on any atom is 0.305 e. The molecule has 0 saturated heterocycles. The summed E-state index contributed by atoms with van der Waals surface area (Å²) in [5, 5.41) is 11.6. The van der Waals surface area contributed by atoms with Gasteiger partial charge in [-0.25, -0.2) is 13.1 Å². The second-order valence-corrected chi connectivity index (χ2v) is 8.19. The van der Waals surface area contributed by atoms with Crippen molar-refractivity contribution in [3.05, 3.63) is 29.8 Å². The molecule has 2 unspecified atom stereocenters. The number of rotatable bonds is 10. The molecular weight excluding hydrogens is 360 g/mol. The Morgan fingerprint density at radius 3 is 2.31 bits per heavy atom. The standard InChI is InChI=1S/C17H26N2O6S/c1-5-12(2)19-26(23,24)14-8-6-13(7-9-14)16(22)18-17(3,11-25-4)10-15(20)21/h6-9,12,19H,5,10-11H2,1-4H3,(H,18,22)(H,20,21). The molecule has 9 heteroatoms. The lowest BCUT2D eigenvalue weighted by Crippen LogP contribution is -2.50. The molecule has 1 amide bonds. The summed E-state index contributed by atoms with van der Waals surface area (Å²) in [5.74, 6) is -1.58. The summed E-state index contributed by atoms with van der Waals surface area (Å²) in [7, 11) is -2.24. The van der Waals surface area contributed by atoms with Crippen LogP contribution in [0.1, 0.15) is 44.0 Å². The summed E-state index contributed by atoms with van der Waals surface area (Å²) in [5.41, 5.74) is -0.860.